The predicted molar refractivity (Wildman–Crippen MR) is 53.6 cm³/mol. The van der Waals surface area contributed by atoms with E-state index in [9.17, 15) is 0 Å². The zero-order chi connectivity index (χ0) is 9.47. The molecule has 0 aromatic heterocycles. The number of hydrogen-bond acceptors (Lipinski definition) is 1. The van der Waals surface area contributed by atoms with Crippen molar-refractivity contribution in [3.8, 4) is 0 Å². The zero-order valence-corrected chi connectivity index (χ0v) is 8.26. The summed E-state index contributed by atoms with van der Waals surface area (Å²) in [6.07, 6.45) is 3.36. The van der Waals surface area contributed by atoms with Crippen molar-refractivity contribution in [1.82, 2.24) is 0 Å². The van der Waals surface area contributed by atoms with Crippen LogP contribution in [0.5, 0.6) is 0 Å². The lowest BCUT2D eigenvalue weighted by atomic mass is 9.92. The topological polar surface area (TPSA) is 12.4 Å². The van der Waals surface area contributed by atoms with Crippen LogP contribution in [-0.2, 0) is 0 Å². The first-order chi connectivity index (χ1) is 6.08. The minimum Gasteiger partial charge on any atom is -0.278 e. The zero-order valence-electron chi connectivity index (χ0n) is 8.26. The summed E-state index contributed by atoms with van der Waals surface area (Å²) in [6, 6.07) is 8.21. The van der Waals surface area contributed by atoms with Gasteiger partial charge in [-0.1, -0.05) is 23.8 Å². The molecule has 66 valence electrons. The Morgan fingerprint density at radius 1 is 1.23 bits per heavy atom. The fraction of sp³-hybridized carbons (Fsp3) is 0.333. The van der Waals surface area contributed by atoms with Crippen LogP contribution < -0.4 is 10.6 Å². The average molecular weight is 171 g/mol. The summed E-state index contributed by atoms with van der Waals surface area (Å²) in [6.45, 7) is 6.24. The first-order valence-corrected chi connectivity index (χ1v) is 4.52. The molecule has 0 atom stereocenters. The number of para-hydroxylation sites is 1. The fourth-order valence-electron chi connectivity index (χ4n) is 1.74. The Hall–Kier alpha value is -1.11. The van der Waals surface area contributed by atoms with Crippen molar-refractivity contribution in [2.75, 3.05) is 0 Å². The highest BCUT2D eigenvalue weighted by atomic mass is 14.8. The van der Waals surface area contributed by atoms with E-state index in [2.05, 4.69) is 44.3 Å². The second-order valence-electron chi connectivity index (χ2n) is 3.94. The molecule has 1 aromatic carbocycles. The van der Waals surface area contributed by atoms with Crippen LogP contribution in [-0.4, -0.2) is 5.54 Å². The minimum atomic E-state index is -0.168. The molecule has 1 heterocycles. The standard InChI is InChI=1S/C12H13N/c1-9-8-12(2,3)13-11-7-5-4-6-10(9)11/h4-7H,1-3H3. The van der Waals surface area contributed by atoms with Crippen molar-refractivity contribution in [1.29, 1.82) is 0 Å². The summed E-state index contributed by atoms with van der Waals surface area (Å²) in [5.41, 5.74) is 1.04. The first-order valence-electron chi connectivity index (χ1n) is 4.52. The third-order valence-corrected chi connectivity index (χ3v) is 2.20. The highest BCUT2D eigenvalue weighted by Gasteiger charge is 2.20. The largest absolute Gasteiger partial charge is 0.278 e. The third kappa shape index (κ3) is 1.51. The summed E-state index contributed by atoms with van der Waals surface area (Å²) < 4.78 is 0. The lowest BCUT2D eigenvalue weighted by Gasteiger charge is -2.22. The van der Waals surface area contributed by atoms with Gasteiger partial charge in [0.2, 0.25) is 0 Å². The predicted octanol–water partition coefficient (Wildman–Crippen LogP) is 1.35. The molecule has 2 rings (SSSR count). The Labute approximate surface area is 78.8 Å². The average Bonchev–Trinajstić information content (AvgIpc) is 2.02. The summed E-state index contributed by atoms with van der Waals surface area (Å²) in [7, 11) is 0. The molecule has 1 aromatic rings. The van der Waals surface area contributed by atoms with Crippen LogP contribution in [0.15, 0.2) is 29.3 Å². The molecule has 0 N–H and O–H groups in total. The molecule has 2 radical (unpaired) electrons. The van der Waals surface area contributed by atoms with Crippen LogP contribution in [0, 0.1) is 6.42 Å². The summed E-state index contributed by atoms with van der Waals surface area (Å²) in [5.74, 6) is 0. The number of nitrogens with zero attached hydrogens (tertiary/aromatic N) is 1. The molecular weight excluding hydrogens is 158 g/mol. The van der Waals surface area contributed by atoms with Crippen LogP contribution in [0.1, 0.15) is 20.8 Å². The van der Waals surface area contributed by atoms with Gasteiger partial charge < -0.3 is 0 Å². The smallest absolute Gasteiger partial charge is 0.0672 e. The van der Waals surface area contributed by atoms with E-state index < -0.39 is 0 Å². The van der Waals surface area contributed by atoms with Crippen molar-refractivity contribution in [2.24, 2.45) is 4.99 Å². The quantitative estimate of drug-likeness (QED) is 0.558. The molecule has 0 bridgehead atoms. The Morgan fingerprint density at radius 3 is 2.69 bits per heavy atom. The Bertz CT molecular complexity index is 440. The molecule has 0 saturated heterocycles. The van der Waals surface area contributed by atoms with Gasteiger partial charge in [0, 0.05) is 6.42 Å². The molecule has 1 heteroatoms. The van der Waals surface area contributed by atoms with Gasteiger partial charge in [-0.05, 0) is 32.1 Å². The molecule has 0 aliphatic carbocycles. The summed E-state index contributed by atoms with van der Waals surface area (Å²) in [4.78, 5) is 4.60. The van der Waals surface area contributed by atoms with Crippen LogP contribution in [0.25, 0.3) is 5.57 Å². The monoisotopic (exact) mass is 171 g/mol. The SMILES string of the molecule is CC1=c2ccccc2=NC(C)(C)[C]1. The fourth-order valence-corrected chi connectivity index (χ4v) is 1.74. The minimum absolute atomic E-state index is 0.168. The second-order valence-corrected chi connectivity index (χ2v) is 3.94. The van der Waals surface area contributed by atoms with Crippen molar-refractivity contribution in [3.63, 3.8) is 0 Å². The highest BCUT2D eigenvalue weighted by molar-refractivity contribution is 5.54. The molecule has 1 nitrogen and oxygen atoms in total. The maximum absolute atomic E-state index is 4.60. The molecular formula is C12H13N. The molecule has 0 spiro atoms. The van der Waals surface area contributed by atoms with E-state index in [-0.39, 0.29) is 5.54 Å². The lowest BCUT2D eigenvalue weighted by Crippen LogP contribution is -2.37. The summed E-state index contributed by atoms with van der Waals surface area (Å²) in [5, 5.41) is 2.30. The first kappa shape index (κ1) is 8.49. The van der Waals surface area contributed by atoms with Crippen LogP contribution >= 0.6 is 0 Å². The van der Waals surface area contributed by atoms with E-state index in [4.69, 9.17) is 0 Å². The Morgan fingerprint density at radius 2 is 1.92 bits per heavy atom. The van der Waals surface area contributed by atoms with Crippen molar-refractivity contribution >= 4 is 5.57 Å². The van der Waals surface area contributed by atoms with Crippen LogP contribution in [0.3, 0.4) is 0 Å². The molecule has 0 saturated carbocycles. The molecule has 0 amide bonds. The highest BCUT2D eigenvalue weighted by Crippen LogP contribution is 2.19. The van der Waals surface area contributed by atoms with Gasteiger partial charge in [-0.25, -0.2) is 0 Å². The maximum Gasteiger partial charge on any atom is 0.0672 e. The van der Waals surface area contributed by atoms with Gasteiger partial charge >= 0.3 is 0 Å². The van der Waals surface area contributed by atoms with Gasteiger partial charge in [0.25, 0.3) is 0 Å². The van der Waals surface area contributed by atoms with E-state index in [0.29, 0.717) is 0 Å². The third-order valence-electron chi connectivity index (χ3n) is 2.20. The Kier molecular flexibility index (Phi) is 1.76. The number of benzene rings is 1. The van der Waals surface area contributed by atoms with E-state index >= 15 is 0 Å². The van der Waals surface area contributed by atoms with Crippen molar-refractivity contribution in [3.05, 3.63) is 41.3 Å². The lowest BCUT2D eigenvalue weighted by molar-refractivity contribution is 0.598. The number of rotatable bonds is 0. The van der Waals surface area contributed by atoms with Gasteiger partial charge in [0.15, 0.2) is 0 Å². The van der Waals surface area contributed by atoms with Gasteiger partial charge in [0.1, 0.15) is 0 Å². The normalized spacial score (nSPS) is 19.2. The second kappa shape index (κ2) is 2.69. The van der Waals surface area contributed by atoms with Gasteiger partial charge in [-0.2, -0.15) is 0 Å². The van der Waals surface area contributed by atoms with Gasteiger partial charge in [0.05, 0.1) is 10.9 Å². The molecule has 0 unspecified atom stereocenters. The van der Waals surface area contributed by atoms with E-state index in [0.717, 1.165) is 5.36 Å². The van der Waals surface area contributed by atoms with Gasteiger partial charge in [-0.3, -0.25) is 4.99 Å². The van der Waals surface area contributed by atoms with Crippen molar-refractivity contribution in [2.45, 2.75) is 26.3 Å². The summed E-state index contributed by atoms with van der Waals surface area (Å²) >= 11 is 0. The Balaban J connectivity index is 2.81. The van der Waals surface area contributed by atoms with E-state index in [1.807, 2.05) is 12.1 Å². The molecule has 13 heavy (non-hydrogen) atoms. The van der Waals surface area contributed by atoms with E-state index in [1.165, 1.54) is 10.8 Å². The van der Waals surface area contributed by atoms with E-state index in [1.54, 1.807) is 0 Å². The maximum atomic E-state index is 4.60. The number of fused-ring (bicyclic) bond motifs is 1. The molecule has 0 fully saturated rings. The van der Waals surface area contributed by atoms with Crippen LogP contribution in [0.4, 0.5) is 0 Å². The molecule has 1 aliphatic rings. The van der Waals surface area contributed by atoms with Gasteiger partial charge in [-0.15, -0.1) is 0 Å². The van der Waals surface area contributed by atoms with Crippen molar-refractivity contribution < 1.29 is 0 Å². The van der Waals surface area contributed by atoms with Crippen LogP contribution in [0.2, 0.25) is 0 Å². The molecule has 1 aliphatic heterocycles. The number of hydrogen-bond donors (Lipinski definition) is 0.